The number of ether oxygens (including phenoxy) is 3. The van der Waals surface area contributed by atoms with Gasteiger partial charge in [-0.3, -0.25) is 32.5 Å². The Morgan fingerprint density at radius 3 is 0.757 bits per heavy atom. The monoisotopic (exact) mass is 1650 g/mol. The number of allylic oxidation sites excluding steroid dienone is 22. The van der Waals surface area contributed by atoms with E-state index in [0.29, 0.717) is 19.3 Å². The molecule has 0 radical (unpaired) electrons. The molecule has 18 heteroatoms. The molecule has 0 spiro atoms. The number of hydrogen-bond acceptors (Lipinski definition) is 14. The van der Waals surface area contributed by atoms with E-state index >= 15 is 0 Å². The zero-order chi connectivity index (χ0) is 83.6. The quantitative estimate of drug-likeness (QED) is 0.0146. The van der Waals surface area contributed by atoms with Crippen LogP contribution in [0.5, 0.6) is 0 Å². The van der Waals surface area contributed by atoms with Crippen molar-refractivity contribution in [3.05, 3.63) is 134 Å². The van der Waals surface area contributed by atoms with E-state index < -0.39 is 91.5 Å². The molecule has 664 valence electrons. The fourth-order valence-corrected chi connectivity index (χ4v) is 14.4. The Bertz CT molecular complexity index is 2620. The molecule has 5 unspecified atom stereocenters. The maximum atomic E-state index is 13.0. The van der Waals surface area contributed by atoms with Gasteiger partial charge < -0.3 is 34.2 Å². The number of aliphatic hydroxyl groups is 2. The van der Waals surface area contributed by atoms with Gasteiger partial charge in [0.1, 0.15) is 25.4 Å². The Morgan fingerprint density at radius 2 is 0.461 bits per heavy atom. The lowest BCUT2D eigenvalue weighted by molar-refractivity contribution is -0.161. The smallest absolute Gasteiger partial charge is 0.463 e. The maximum absolute atomic E-state index is 13.0. The van der Waals surface area contributed by atoms with E-state index in [1.807, 2.05) is 0 Å². The first kappa shape index (κ1) is 111. The molecule has 0 amide bonds. The number of phosphoric acid groups is 2. The molecule has 5 atom stereocenters. The lowest BCUT2D eigenvalue weighted by atomic mass is 10.0. The minimum Gasteiger partial charge on any atom is -0.463 e. The zero-order valence-electron chi connectivity index (χ0n) is 73.2. The third kappa shape index (κ3) is 90.3. The second-order valence-electron chi connectivity index (χ2n) is 31.1. The number of esters is 3. The van der Waals surface area contributed by atoms with Crippen LogP contribution in [0.1, 0.15) is 406 Å². The molecule has 4 N–H and O–H groups in total. The Kier molecular flexibility index (Phi) is 85.6. The summed E-state index contributed by atoms with van der Waals surface area (Å²) in [5, 5.41) is 20.7. The number of phosphoric ester groups is 2. The summed E-state index contributed by atoms with van der Waals surface area (Å²) < 4.78 is 61.4. The van der Waals surface area contributed by atoms with Crippen LogP contribution in [0.3, 0.4) is 0 Å². The first-order chi connectivity index (χ1) is 56.2. The Morgan fingerprint density at radius 1 is 0.252 bits per heavy atom. The van der Waals surface area contributed by atoms with Crippen molar-refractivity contribution in [1.29, 1.82) is 0 Å². The molecule has 0 fully saturated rings. The lowest BCUT2D eigenvalue weighted by Gasteiger charge is -2.21. The summed E-state index contributed by atoms with van der Waals surface area (Å²) in [6.07, 6.45) is 111. The predicted molar refractivity (Wildman–Crippen MR) is 482 cm³/mol. The predicted octanol–water partition coefficient (Wildman–Crippen LogP) is 28.6. The van der Waals surface area contributed by atoms with E-state index in [0.717, 1.165) is 141 Å². The molecule has 0 saturated heterocycles. The minimum atomic E-state index is -4.94. The molecule has 0 aliphatic carbocycles. The summed E-state index contributed by atoms with van der Waals surface area (Å²) in [6, 6.07) is 0. The zero-order valence-corrected chi connectivity index (χ0v) is 75.0. The summed E-state index contributed by atoms with van der Waals surface area (Å²) in [5.41, 5.74) is 0. The van der Waals surface area contributed by atoms with Gasteiger partial charge >= 0.3 is 33.6 Å². The molecule has 16 nitrogen and oxygen atoms in total. The highest BCUT2D eigenvalue weighted by molar-refractivity contribution is 7.47. The summed E-state index contributed by atoms with van der Waals surface area (Å²) in [6.45, 7) is 2.59. The molecule has 0 bridgehead atoms. The highest BCUT2D eigenvalue weighted by Gasteiger charge is 2.29. The van der Waals surface area contributed by atoms with Crippen LogP contribution in [0.15, 0.2) is 134 Å². The fraction of sp³-hybridized carbons (Fsp3) is 0.742. The SMILES string of the molecule is CC/C=C\C/C=C\C/C=C\C/C=C\C/C=C\C/C=C\CCCCCCCCCCCCCCCCC(=O)OCC(O)COP(=O)(O)OCC(O)COP(=O)(O)OCC(COC(=O)CCCCCCCCCCCCCCCCC/C=C\C/C=C\C/C=C\C/C=C\CCCCC)OC(=O)CCCCCCC/C=C\CCCCCCCC. The van der Waals surface area contributed by atoms with Gasteiger partial charge in [-0.15, -0.1) is 0 Å². The van der Waals surface area contributed by atoms with Crippen molar-refractivity contribution in [2.75, 3.05) is 39.6 Å². The summed E-state index contributed by atoms with van der Waals surface area (Å²) >= 11 is 0. The normalized spacial score (nSPS) is 14.4. The molecular weight excluding hydrogens is 1480 g/mol. The van der Waals surface area contributed by atoms with Crippen LogP contribution in [-0.2, 0) is 55.8 Å². The van der Waals surface area contributed by atoms with Crippen LogP contribution < -0.4 is 0 Å². The van der Waals surface area contributed by atoms with Crippen LogP contribution in [0.25, 0.3) is 0 Å². The first-order valence-corrected chi connectivity index (χ1v) is 49.5. The lowest BCUT2D eigenvalue weighted by Crippen LogP contribution is -2.30. The van der Waals surface area contributed by atoms with Crippen LogP contribution >= 0.6 is 15.6 Å². The number of rotatable bonds is 88. The second kappa shape index (κ2) is 89.0. The number of aliphatic hydroxyl groups excluding tert-OH is 2. The summed E-state index contributed by atoms with van der Waals surface area (Å²) in [5.74, 6) is -1.57. The van der Waals surface area contributed by atoms with Gasteiger partial charge in [-0.1, -0.05) is 379 Å². The van der Waals surface area contributed by atoms with Crippen molar-refractivity contribution in [3.8, 4) is 0 Å². The van der Waals surface area contributed by atoms with Gasteiger partial charge in [0, 0.05) is 19.3 Å². The van der Waals surface area contributed by atoms with Gasteiger partial charge in [0.2, 0.25) is 0 Å². The fourth-order valence-electron chi connectivity index (χ4n) is 12.8. The molecule has 0 aromatic carbocycles. The number of hydrogen-bond donors (Lipinski definition) is 4. The summed E-state index contributed by atoms with van der Waals surface area (Å²) in [4.78, 5) is 58.9. The van der Waals surface area contributed by atoms with Crippen LogP contribution in [-0.4, -0.2) is 95.9 Å². The molecule has 0 rings (SSSR count). The third-order valence-electron chi connectivity index (χ3n) is 19.8. The maximum Gasteiger partial charge on any atom is 0.472 e. The Labute approximate surface area is 703 Å². The van der Waals surface area contributed by atoms with Crippen molar-refractivity contribution < 1.29 is 75.8 Å². The van der Waals surface area contributed by atoms with Gasteiger partial charge in [-0.2, -0.15) is 0 Å². The molecular formula is C97H170O16P2. The van der Waals surface area contributed by atoms with E-state index in [1.54, 1.807) is 0 Å². The van der Waals surface area contributed by atoms with Crippen molar-refractivity contribution in [3.63, 3.8) is 0 Å². The molecule has 0 aliphatic heterocycles. The van der Waals surface area contributed by atoms with E-state index in [9.17, 15) is 43.5 Å². The second-order valence-corrected chi connectivity index (χ2v) is 34.0. The van der Waals surface area contributed by atoms with E-state index in [-0.39, 0.29) is 19.3 Å². The first-order valence-electron chi connectivity index (χ1n) is 46.5. The van der Waals surface area contributed by atoms with Crippen LogP contribution in [0, 0.1) is 0 Å². The van der Waals surface area contributed by atoms with Crippen molar-refractivity contribution >= 4 is 33.6 Å². The number of carbonyl (C=O) groups excluding carboxylic acids is 3. The van der Waals surface area contributed by atoms with E-state index in [2.05, 4.69) is 154 Å². The highest BCUT2D eigenvalue weighted by Crippen LogP contribution is 2.45. The largest absolute Gasteiger partial charge is 0.472 e. The number of unbranched alkanes of at least 4 members (excludes halogenated alkanes) is 43. The van der Waals surface area contributed by atoms with Gasteiger partial charge in [0.15, 0.2) is 6.10 Å². The standard InChI is InChI=1S/C97H170O16P2/c1-4-7-10-13-16-19-22-25-28-30-32-34-36-38-40-42-44-45-47-49-50-52-54-56-58-60-63-65-68-71-74-77-80-83-95(100)107-86-92(98)87-109-114(103,104)110-88-93(99)89-111-115(105,106)112-91-94(113-97(102)85-82-79-76-73-70-67-62-27-24-21-18-15-12-9-6-3)90-108-96(101)84-81-78-75-72-69-66-64-61-59-57-55-53-51-48-46-43-41-39-37-35-33-31-29-26-23-20-17-14-11-8-5-2/h7,10,16-17,19-20,25-29,32-35,38-41,44-45,62,92-94,98-99H,4-6,8-9,11-15,18,21-24,30-31,36-37,42-43,46-61,63-91H2,1-3H3,(H,103,104)(H,105,106)/b10-7-,19-16-,20-17-,28-25-,29-26-,34-32-,35-33-,40-38-,41-39-,45-44-,62-27-. The minimum absolute atomic E-state index is 0.0958. The van der Waals surface area contributed by atoms with Gasteiger partial charge in [0.05, 0.1) is 26.4 Å². The van der Waals surface area contributed by atoms with E-state index in [4.69, 9.17) is 32.3 Å². The average molecular weight is 1650 g/mol. The van der Waals surface area contributed by atoms with Gasteiger partial charge in [0.25, 0.3) is 0 Å². The van der Waals surface area contributed by atoms with E-state index in [1.165, 1.54) is 205 Å². The Hall–Kier alpha value is -4.31. The average Bonchev–Trinajstić information content (AvgIpc) is 0.898. The third-order valence-corrected chi connectivity index (χ3v) is 21.7. The molecule has 0 saturated carbocycles. The van der Waals surface area contributed by atoms with Crippen LogP contribution in [0.4, 0.5) is 0 Å². The van der Waals surface area contributed by atoms with Crippen molar-refractivity contribution in [2.24, 2.45) is 0 Å². The molecule has 0 aromatic heterocycles. The molecule has 0 aliphatic rings. The number of carbonyl (C=O) groups is 3. The highest BCUT2D eigenvalue weighted by atomic mass is 31.2. The Balaban J connectivity index is 4.45. The van der Waals surface area contributed by atoms with Crippen LogP contribution in [0.2, 0.25) is 0 Å². The van der Waals surface area contributed by atoms with Gasteiger partial charge in [-0.25, -0.2) is 9.13 Å². The molecule has 0 aromatic rings. The van der Waals surface area contributed by atoms with Crippen molar-refractivity contribution in [1.82, 2.24) is 0 Å². The summed E-state index contributed by atoms with van der Waals surface area (Å²) in [7, 11) is -9.80. The molecule has 115 heavy (non-hydrogen) atoms. The molecule has 0 heterocycles. The van der Waals surface area contributed by atoms with Gasteiger partial charge in [-0.05, 0) is 141 Å². The van der Waals surface area contributed by atoms with Crippen molar-refractivity contribution in [2.45, 2.75) is 424 Å². The topological polar surface area (TPSA) is 231 Å².